The third-order valence-corrected chi connectivity index (χ3v) is 7.47. The molecule has 38 heavy (non-hydrogen) atoms. The van der Waals surface area contributed by atoms with E-state index in [1.807, 2.05) is 33.0 Å². The van der Waals surface area contributed by atoms with Crippen molar-refractivity contribution < 1.29 is 13.6 Å². The maximum absolute atomic E-state index is 14.0. The van der Waals surface area contributed by atoms with Crippen molar-refractivity contribution in [2.24, 2.45) is 0 Å². The smallest absolute Gasteiger partial charge is 0.317 e. The molecule has 8 nitrogen and oxygen atoms in total. The van der Waals surface area contributed by atoms with Crippen molar-refractivity contribution >= 4 is 28.3 Å². The van der Waals surface area contributed by atoms with Gasteiger partial charge in [0.25, 0.3) is 0 Å². The third kappa shape index (κ3) is 4.89. The molecule has 1 saturated heterocycles. The van der Waals surface area contributed by atoms with Gasteiger partial charge in [0.1, 0.15) is 5.69 Å². The summed E-state index contributed by atoms with van der Waals surface area (Å²) in [5.41, 5.74) is 3.42. The number of nitrogens with one attached hydrogen (secondary N) is 2. The highest BCUT2D eigenvalue weighted by atomic mass is 32.1. The number of imidazole rings is 1. The fourth-order valence-corrected chi connectivity index (χ4v) is 5.53. The minimum atomic E-state index is -0.933. The van der Waals surface area contributed by atoms with Crippen molar-refractivity contribution in [1.29, 1.82) is 0 Å². The Morgan fingerprint density at radius 1 is 1.18 bits per heavy atom. The van der Waals surface area contributed by atoms with E-state index in [0.717, 1.165) is 31.4 Å². The minimum absolute atomic E-state index is 0.00520. The van der Waals surface area contributed by atoms with Crippen molar-refractivity contribution in [3.63, 3.8) is 0 Å². The summed E-state index contributed by atoms with van der Waals surface area (Å²) in [6, 6.07) is 5.44. The number of urea groups is 1. The monoisotopic (exact) mass is 533 g/mol. The first-order valence-corrected chi connectivity index (χ1v) is 13.3. The van der Waals surface area contributed by atoms with Crippen molar-refractivity contribution in [2.75, 3.05) is 25.0 Å². The van der Waals surface area contributed by atoms with Gasteiger partial charge in [-0.15, -0.1) is 11.3 Å². The van der Waals surface area contributed by atoms with Crippen LogP contribution in [0.15, 0.2) is 65.8 Å². The normalized spacial score (nSPS) is 17.2. The number of nitrogens with zero attached hydrogens (tertiary/aromatic N) is 5. The number of allylic oxidation sites excluding steroid dienone is 3. The zero-order valence-corrected chi connectivity index (χ0v) is 21.2. The van der Waals surface area contributed by atoms with Crippen molar-refractivity contribution in [3.05, 3.63) is 77.5 Å². The molecule has 4 aromatic rings. The summed E-state index contributed by atoms with van der Waals surface area (Å²) < 4.78 is 29.5. The molecule has 0 bridgehead atoms. The molecule has 3 aromatic heterocycles. The van der Waals surface area contributed by atoms with Crippen LogP contribution in [-0.2, 0) is 0 Å². The van der Waals surface area contributed by atoms with E-state index in [0.29, 0.717) is 53.2 Å². The van der Waals surface area contributed by atoms with Crippen LogP contribution in [0, 0.1) is 11.6 Å². The lowest BCUT2D eigenvalue weighted by Gasteiger charge is -2.33. The highest BCUT2D eigenvalue weighted by Gasteiger charge is 2.25. The first kappa shape index (κ1) is 24.2. The molecule has 0 saturated carbocycles. The number of carbonyl (C=O) groups is 1. The van der Waals surface area contributed by atoms with E-state index >= 15 is 0 Å². The molecule has 1 aliphatic heterocycles. The molecule has 194 valence electrons. The van der Waals surface area contributed by atoms with Crippen LogP contribution in [0.1, 0.15) is 19.3 Å². The van der Waals surface area contributed by atoms with Gasteiger partial charge >= 0.3 is 6.03 Å². The number of thiazole rings is 1. The maximum atomic E-state index is 14.0. The largest absolute Gasteiger partial charge is 0.350 e. The van der Waals surface area contributed by atoms with Gasteiger partial charge in [0.2, 0.25) is 5.95 Å². The van der Waals surface area contributed by atoms with Crippen molar-refractivity contribution in [3.8, 4) is 22.6 Å². The van der Waals surface area contributed by atoms with Crippen LogP contribution in [-0.4, -0.2) is 56.0 Å². The number of hydrogen-bond acceptors (Lipinski definition) is 6. The van der Waals surface area contributed by atoms with Gasteiger partial charge in [-0.2, -0.15) is 0 Å². The standard InChI is InChI=1S/C27H25F2N7OS/c28-20-8-7-18(14-21(20)29)23-24(36-12-13-38-27(36)34-23)22-9-10-30-25(33-22)32-19-6-3-11-35(16-19)26(37)31-15-17-4-1-2-5-17/h1-2,4,7-10,12-14,19H,3,5-6,11,15-16H2,(H,31,37)(H,30,32,33). The number of rotatable bonds is 6. The lowest BCUT2D eigenvalue weighted by atomic mass is 10.1. The fraction of sp³-hybridized carbons (Fsp3) is 0.259. The maximum Gasteiger partial charge on any atom is 0.317 e. The molecule has 4 heterocycles. The molecule has 2 N–H and O–H groups in total. The molecule has 1 aliphatic carbocycles. The molecule has 2 aliphatic rings. The number of aromatic nitrogens is 4. The van der Waals surface area contributed by atoms with Crippen LogP contribution in [0.5, 0.6) is 0 Å². The van der Waals surface area contributed by atoms with Crippen molar-refractivity contribution in [1.82, 2.24) is 29.6 Å². The number of benzene rings is 1. The van der Waals surface area contributed by atoms with Gasteiger partial charge in [0, 0.05) is 49.0 Å². The van der Waals surface area contributed by atoms with Gasteiger partial charge in [-0.1, -0.05) is 18.2 Å². The zero-order chi connectivity index (χ0) is 26.1. The zero-order valence-electron chi connectivity index (χ0n) is 20.4. The van der Waals surface area contributed by atoms with Gasteiger partial charge in [-0.05, 0) is 49.1 Å². The summed E-state index contributed by atoms with van der Waals surface area (Å²) in [7, 11) is 0. The Morgan fingerprint density at radius 2 is 2.11 bits per heavy atom. The Morgan fingerprint density at radius 3 is 2.95 bits per heavy atom. The van der Waals surface area contributed by atoms with Crippen molar-refractivity contribution in [2.45, 2.75) is 25.3 Å². The topological polar surface area (TPSA) is 87.5 Å². The lowest BCUT2D eigenvalue weighted by molar-refractivity contribution is 0.183. The molecule has 1 fully saturated rings. The first-order valence-electron chi connectivity index (χ1n) is 12.4. The van der Waals surface area contributed by atoms with E-state index in [4.69, 9.17) is 4.98 Å². The van der Waals surface area contributed by atoms with Gasteiger partial charge in [-0.3, -0.25) is 4.40 Å². The Balaban J connectivity index is 1.21. The SMILES string of the molecule is O=C(NCC1=CC=CC1)N1CCCC(Nc2nccc(-c3c(-c4ccc(F)c(F)c4)nc4sccn34)n2)C1. The number of hydrogen-bond donors (Lipinski definition) is 2. The number of carbonyl (C=O) groups excluding carboxylic acids is 1. The fourth-order valence-electron chi connectivity index (χ4n) is 4.82. The third-order valence-electron chi connectivity index (χ3n) is 6.71. The average molecular weight is 534 g/mol. The molecule has 1 atom stereocenters. The minimum Gasteiger partial charge on any atom is -0.350 e. The second kappa shape index (κ2) is 10.3. The molecule has 6 rings (SSSR count). The lowest BCUT2D eigenvalue weighted by Crippen LogP contribution is -2.49. The summed E-state index contributed by atoms with van der Waals surface area (Å²) in [6.45, 7) is 1.79. The second-order valence-electron chi connectivity index (χ2n) is 9.30. The summed E-state index contributed by atoms with van der Waals surface area (Å²) in [4.78, 5) is 29.1. The van der Waals surface area contributed by atoms with Crippen LogP contribution >= 0.6 is 11.3 Å². The summed E-state index contributed by atoms with van der Waals surface area (Å²) >= 11 is 1.44. The molecule has 1 aromatic carbocycles. The quantitative estimate of drug-likeness (QED) is 0.353. The summed E-state index contributed by atoms with van der Waals surface area (Å²) in [6.07, 6.45) is 12.3. The van der Waals surface area contributed by atoms with Crippen LogP contribution in [0.25, 0.3) is 27.6 Å². The van der Waals surface area contributed by atoms with Crippen LogP contribution < -0.4 is 10.6 Å². The van der Waals surface area contributed by atoms with Crippen LogP contribution in [0.2, 0.25) is 0 Å². The van der Waals surface area contributed by atoms with E-state index in [2.05, 4.69) is 26.7 Å². The molecule has 0 spiro atoms. The second-order valence-corrected chi connectivity index (χ2v) is 10.2. The Labute approximate surface area is 221 Å². The van der Waals surface area contributed by atoms with E-state index < -0.39 is 11.6 Å². The first-order chi connectivity index (χ1) is 18.5. The number of piperidine rings is 1. The van der Waals surface area contributed by atoms with E-state index in [1.54, 1.807) is 12.3 Å². The highest BCUT2D eigenvalue weighted by Crippen LogP contribution is 2.34. The molecule has 11 heteroatoms. The Hall–Kier alpha value is -4.12. The number of amides is 2. The molecule has 2 amide bonds. The predicted octanol–water partition coefficient (Wildman–Crippen LogP) is 5.27. The van der Waals surface area contributed by atoms with E-state index in [-0.39, 0.29) is 12.1 Å². The molecular weight excluding hydrogens is 508 g/mol. The highest BCUT2D eigenvalue weighted by molar-refractivity contribution is 7.15. The van der Waals surface area contributed by atoms with Gasteiger partial charge in [0.15, 0.2) is 16.6 Å². The average Bonchev–Trinajstić information content (AvgIpc) is 3.67. The Bertz CT molecular complexity index is 1560. The van der Waals surface area contributed by atoms with E-state index in [1.165, 1.54) is 23.0 Å². The number of halogens is 2. The number of anilines is 1. The molecular formula is C27H25F2N7OS. The number of likely N-dealkylation sites (tertiary alicyclic amines) is 1. The van der Waals surface area contributed by atoms with Gasteiger partial charge < -0.3 is 15.5 Å². The number of fused-ring (bicyclic) bond motifs is 1. The predicted molar refractivity (Wildman–Crippen MR) is 143 cm³/mol. The van der Waals surface area contributed by atoms with Crippen LogP contribution in [0.3, 0.4) is 0 Å². The van der Waals surface area contributed by atoms with Gasteiger partial charge in [-0.25, -0.2) is 28.5 Å². The van der Waals surface area contributed by atoms with Gasteiger partial charge in [0.05, 0.1) is 11.4 Å². The summed E-state index contributed by atoms with van der Waals surface area (Å²) in [5.74, 6) is -1.41. The molecule has 0 radical (unpaired) electrons. The molecule has 1 unspecified atom stereocenters. The van der Waals surface area contributed by atoms with Crippen LogP contribution in [0.4, 0.5) is 19.5 Å². The summed E-state index contributed by atoms with van der Waals surface area (Å²) in [5, 5.41) is 8.30. The van der Waals surface area contributed by atoms with E-state index in [9.17, 15) is 13.6 Å². The Kier molecular flexibility index (Phi) is 6.59.